The Morgan fingerprint density at radius 2 is 0.438 bits per heavy atom. The van der Waals surface area contributed by atoms with E-state index in [0.29, 0.717) is 0 Å². The Hall–Kier alpha value is -8.82. The number of aryl methyl sites for hydroxylation is 4. The minimum absolute atomic E-state index is 0.288. The van der Waals surface area contributed by atoms with E-state index in [1.165, 1.54) is 125 Å². The average Bonchev–Trinajstić information content (AvgIpc) is 0.702. The van der Waals surface area contributed by atoms with Crippen molar-refractivity contribution in [3.8, 4) is 23.0 Å². The van der Waals surface area contributed by atoms with E-state index in [1.54, 1.807) is 0 Å². The van der Waals surface area contributed by atoms with Gasteiger partial charge in [-0.25, -0.2) is 0 Å². The van der Waals surface area contributed by atoms with E-state index in [0.717, 1.165) is 23.0 Å². The molecule has 0 fully saturated rings. The molecule has 2 heterocycles. The second-order valence-electron chi connectivity index (χ2n) is 27.2. The van der Waals surface area contributed by atoms with Gasteiger partial charge in [-0.05, 0) is 184 Å². The van der Waals surface area contributed by atoms with Gasteiger partial charge in [0.1, 0.15) is 23.0 Å². The zero-order valence-corrected chi connectivity index (χ0v) is 59.6. The van der Waals surface area contributed by atoms with Crippen molar-refractivity contribution in [2.45, 2.75) is 78.6 Å². The van der Waals surface area contributed by atoms with Gasteiger partial charge in [0, 0.05) is 54.3 Å². The van der Waals surface area contributed by atoms with Crippen LogP contribution in [0.2, 0.25) is 0 Å². The highest BCUT2D eigenvalue weighted by molar-refractivity contribution is 7.81. The topological polar surface area (TPSA) is 18.5 Å². The van der Waals surface area contributed by atoms with Gasteiger partial charge in [-0.1, -0.05) is 306 Å². The molecule has 0 N–H and O–H groups in total. The van der Waals surface area contributed by atoms with Crippen LogP contribution in [0.4, 0.5) is 0 Å². The van der Waals surface area contributed by atoms with Crippen LogP contribution in [-0.4, -0.2) is 0 Å². The number of rotatable bonds is 14. The molecule has 0 bridgehead atoms. The standard InChI is InChI=1S/C90H78O2P4/c1-61-50-76-84(80(54-61)93(68-34-18-10-19-35-68)69-36-20-11-21-37-69)91-85-77(51-62(2)55-81(85)94(70-38-22-12-23-39-70)71-40-24-13-25-41-71)89(76,8)66-58-65(88(5,6)7)59-67(60-66)90(9)78-52-63(3)56-82(95(72-42-26-14-27-43-72)73-44-28-15-29-45-73)86(78)92-87-79(90)53-64(4)57-83(87)96(74-46-30-16-31-47-74)75-48-32-17-33-49-75/h10-60H,1-9H3. The number of ether oxygens (including phenoxy) is 2. The molecule has 0 aliphatic carbocycles. The highest BCUT2D eigenvalue weighted by Crippen LogP contribution is 2.60. The molecule has 15 rings (SSSR count). The van der Waals surface area contributed by atoms with Crippen molar-refractivity contribution in [2.24, 2.45) is 0 Å². The summed E-state index contributed by atoms with van der Waals surface area (Å²) in [7, 11) is -4.50. The lowest BCUT2D eigenvalue weighted by Crippen LogP contribution is -2.38. The summed E-state index contributed by atoms with van der Waals surface area (Å²) in [5.41, 5.74) is 11.3. The van der Waals surface area contributed by atoms with Gasteiger partial charge in [-0.2, -0.15) is 0 Å². The lowest BCUT2D eigenvalue weighted by atomic mass is 9.63. The zero-order chi connectivity index (χ0) is 65.9. The van der Waals surface area contributed by atoms with Crippen LogP contribution in [0.15, 0.2) is 309 Å². The van der Waals surface area contributed by atoms with Crippen molar-refractivity contribution in [1.29, 1.82) is 0 Å². The van der Waals surface area contributed by atoms with Gasteiger partial charge in [0.2, 0.25) is 0 Å². The SMILES string of the molecule is Cc1cc(P(c2ccccc2)c2ccccc2)c2c(c1)C(C)(c1cc(C(C)(C)C)cc(C3(C)c4cc(C)cc(P(c5ccccc5)c5ccccc5)c4Oc4c(P(c5ccccc5)c5ccccc5)cc(C)cc43)c1)c1cc(C)cc(P(c3ccccc3)c3ccccc3)c1O2. The maximum absolute atomic E-state index is 8.13. The van der Waals surface area contributed by atoms with Gasteiger partial charge in [0.05, 0.1) is 0 Å². The van der Waals surface area contributed by atoms with Crippen molar-refractivity contribution in [3.05, 3.63) is 371 Å². The molecule has 0 unspecified atom stereocenters. The summed E-state index contributed by atoms with van der Waals surface area (Å²) in [5, 5.41) is 15.1. The summed E-state index contributed by atoms with van der Waals surface area (Å²) < 4.78 is 16.3. The Bertz CT molecular complexity index is 4240. The first kappa shape index (κ1) is 63.2. The summed E-state index contributed by atoms with van der Waals surface area (Å²) >= 11 is 0. The number of hydrogen-bond donors (Lipinski definition) is 0. The minimum Gasteiger partial charge on any atom is -0.455 e. The van der Waals surface area contributed by atoms with Crippen LogP contribution in [0.1, 0.15) is 95.8 Å². The van der Waals surface area contributed by atoms with Gasteiger partial charge in [-0.15, -0.1) is 0 Å². The highest BCUT2D eigenvalue weighted by Gasteiger charge is 2.49. The summed E-state index contributed by atoms with van der Waals surface area (Å²) in [6, 6.07) is 117. The maximum Gasteiger partial charge on any atom is 0.140 e. The average molecular weight is 1320 g/mol. The lowest BCUT2D eigenvalue weighted by molar-refractivity contribution is 0.430. The Kier molecular flexibility index (Phi) is 17.1. The van der Waals surface area contributed by atoms with E-state index in [4.69, 9.17) is 9.47 Å². The smallest absolute Gasteiger partial charge is 0.140 e. The molecule has 0 aromatic heterocycles. The molecular formula is C90H78O2P4. The first-order valence-corrected chi connectivity index (χ1v) is 38.8. The second-order valence-corrected chi connectivity index (χ2v) is 35.9. The van der Waals surface area contributed by atoms with E-state index >= 15 is 0 Å². The van der Waals surface area contributed by atoms with Gasteiger partial charge in [-0.3, -0.25) is 0 Å². The fraction of sp³-hybridized carbons (Fsp3) is 0.133. The van der Waals surface area contributed by atoms with Gasteiger partial charge >= 0.3 is 0 Å². The van der Waals surface area contributed by atoms with Crippen molar-refractivity contribution >= 4 is 95.3 Å². The number of hydrogen-bond acceptors (Lipinski definition) is 2. The van der Waals surface area contributed by atoms with Crippen LogP contribution < -0.4 is 73.1 Å². The van der Waals surface area contributed by atoms with Crippen LogP contribution in [-0.2, 0) is 16.2 Å². The molecular weight excluding hydrogens is 1240 g/mol. The lowest BCUT2D eigenvalue weighted by Gasteiger charge is -2.44. The molecule has 0 amide bonds. The normalized spacial score (nSPS) is 13.6. The zero-order valence-electron chi connectivity index (χ0n) is 56.1. The second kappa shape index (κ2) is 26.0. The monoisotopic (exact) mass is 1310 g/mol. The Balaban J connectivity index is 1.07. The van der Waals surface area contributed by atoms with Crippen LogP contribution in [0.3, 0.4) is 0 Å². The molecule has 2 nitrogen and oxygen atoms in total. The molecule has 0 atom stereocenters. The first-order valence-electron chi connectivity index (χ1n) is 33.4. The van der Waals surface area contributed by atoms with E-state index in [-0.39, 0.29) is 5.41 Å². The third-order valence-corrected chi connectivity index (χ3v) is 29.2. The summed E-state index contributed by atoms with van der Waals surface area (Å²) in [6.07, 6.45) is 0. The van der Waals surface area contributed by atoms with Crippen molar-refractivity contribution in [3.63, 3.8) is 0 Å². The molecule has 2 aliphatic heterocycles. The summed E-state index contributed by atoms with van der Waals surface area (Å²) in [6.45, 7) is 21.4. The predicted octanol–water partition coefficient (Wildman–Crippen LogP) is 18.2. The third kappa shape index (κ3) is 11.5. The Labute approximate surface area is 573 Å². The number of fused-ring (bicyclic) bond motifs is 4. The number of benzene rings is 13. The van der Waals surface area contributed by atoms with Gasteiger partial charge < -0.3 is 9.47 Å². The van der Waals surface area contributed by atoms with Crippen molar-refractivity contribution < 1.29 is 9.47 Å². The first-order chi connectivity index (χ1) is 46.6. The molecule has 0 saturated carbocycles. The molecule has 13 aromatic rings. The molecule has 2 aliphatic rings. The van der Waals surface area contributed by atoms with Gasteiger partial charge in [0.25, 0.3) is 0 Å². The molecule has 0 radical (unpaired) electrons. The fourth-order valence-electron chi connectivity index (χ4n) is 14.7. The molecule has 96 heavy (non-hydrogen) atoms. The van der Waals surface area contributed by atoms with Crippen LogP contribution in [0.25, 0.3) is 0 Å². The largest absolute Gasteiger partial charge is 0.455 e. The highest BCUT2D eigenvalue weighted by atomic mass is 31.1. The molecule has 470 valence electrons. The fourth-order valence-corrected chi connectivity index (χ4v) is 24.7. The molecule has 13 aromatic carbocycles. The van der Waals surface area contributed by atoms with Crippen LogP contribution in [0, 0.1) is 27.7 Å². The summed E-state index contributed by atoms with van der Waals surface area (Å²) in [4.78, 5) is 0. The van der Waals surface area contributed by atoms with Gasteiger partial charge in [0.15, 0.2) is 0 Å². The minimum atomic E-state index is -1.12. The van der Waals surface area contributed by atoms with Crippen molar-refractivity contribution in [1.82, 2.24) is 0 Å². The van der Waals surface area contributed by atoms with E-state index in [2.05, 4.69) is 372 Å². The van der Waals surface area contributed by atoms with Crippen LogP contribution >= 0.6 is 31.7 Å². The van der Waals surface area contributed by atoms with E-state index < -0.39 is 42.5 Å². The molecule has 6 heteroatoms. The van der Waals surface area contributed by atoms with E-state index in [1.807, 2.05) is 0 Å². The molecule has 0 saturated heterocycles. The van der Waals surface area contributed by atoms with E-state index in [9.17, 15) is 0 Å². The predicted molar refractivity (Wildman–Crippen MR) is 416 cm³/mol. The maximum atomic E-state index is 8.13. The third-order valence-electron chi connectivity index (χ3n) is 19.5. The summed E-state index contributed by atoms with van der Waals surface area (Å²) in [5.74, 6) is 3.77. The quantitative estimate of drug-likeness (QED) is 0.101. The Morgan fingerprint density at radius 3 is 0.615 bits per heavy atom. The van der Waals surface area contributed by atoms with Crippen molar-refractivity contribution in [2.75, 3.05) is 0 Å². The van der Waals surface area contributed by atoms with Crippen LogP contribution in [0.5, 0.6) is 23.0 Å². The molecule has 0 spiro atoms. The Morgan fingerprint density at radius 1 is 0.250 bits per heavy atom.